The van der Waals surface area contributed by atoms with E-state index in [9.17, 15) is 9.59 Å². The van der Waals surface area contributed by atoms with Crippen LogP contribution in [0.25, 0.3) is 0 Å². The summed E-state index contributed by atoms with van der Waals surface area (Å²) in [6, 6.07) is -1.42. The monoisotopic (exact) mass is 314 g/mol. The van der Waals surface area contributed by atoms with Crippen molar-refractivity contribution >= 4 is 23.3 Å². The quantitative estimate of drug-likeness (QED) is 0.701. The minimum Gasteiger partial charge on any atom is -0.480 e. The molecule has 0 saturated carbocycles. The van der Waals surface area contributed by atoms with Gasteiger partial charge in [0.15, 0.2) is 0 Å². The highest BCUT2D eigenvalue weighted by Crippen LogP contribution is 2.19. The second kappa shape index (κ2) is 7.94. The Labute approximate surface area is 128 Å². The van der Waals surface area contributed by atoms with Crippen molar-refractivity contribution in [3.8, 4) is 0 Å². The number of thiazole rings is 1. The van der Waals surface area contributed by atoms with Crippen molar-refractivity contribution < 1.29 is 14.7 Å². The summed E-state index contributed by atoms with van der Waals surface area (Å²) in [4.78, 5) is 28.8. The SMILES string of the molecule is CC(C)c1nc(CN(C)C(=O)N[C@@H](CCN)C(=O)O)cs1. The van der Waals surface area contributed by atoms with Gasteiger partial charge in [-0.3, -0.25) is 0 Å². The summed E-state index contributed by atoms with van der Waals surface area (Å²) in [6.07, 6.45) is 0.198. The van der Waals surface area contributed by atoms with Gasteiger partial charge in [-0.1, -0.05) is 13.8 Å². The lowest BCUT2D eigenvalue weighted by atomic mass is 10.2. The van der Waals surface area contributed by atoms with Crippen LogP contribution in [0.1, 0.15) is 36.9 Å². The van der Waals surface area contributed by atoms with Gasteiger partial charge in [0.2, 0.25) is 0 Å². The summed E-state index contributed by atoms with van der Waals surface area (Å²) in [5, 5.41) is 14.4. The summed E-state index contributed by atoms with van der Waals surface area (Å²) >= 11 is 1.56. The third-order valence-electron chi connectivity index (χ3n) is 2.86. The molecule has 4 N–H and O–H groups in total. The van der Waals surface area contributed by atoms with Gasteiger partial charge in [0.1, 0.15) is 6.04 Å². The highest BCUT2D eigenvalue weighted by atomic mass is 32.1. The van der Waals surface area contributed by atoms with Gasteiger partial charge in [0.05, 0.1) is 17.2 Å². The van der Waals surface area contributed by atoms with E-state index in [1.165, 1.54) is 4.90 Å². The standard InChI is InChI=1S/C13H22N4O3S/c1-8(2)11-15-9(7-21-11)6-17(3)13(20)16-10(4-5-14)12(18)19/h7-8,10H,4-6,14H2,1-3H3,(H,16,20)(H,18,19)/t10-/m0/s1. The maximum absolute atomic E-state index is 12.0. The first-order valence-electron chi connectivity index (χ1n) is 6.74. The predicted molar refractivity (Wildman–Crippen MR) is 81.3 cm³/mol. The zero-order valence-corrected chi connectivity index (χ0v) is 13.3. The fraction of sp³-hybridized carbons (Fsp3) is 0.615. The number of hydrogen-bond donors (Lipinski definition) is 3. The van der Waals surface area contributed by atoms with E-state index < -0.39 is 18.0 Å². The Morgan fingerprint density at radius 2 is 2.19 bits per heavy atom. The number of nitrogens with one attached hydrogen (secondary N) is 1. The molecule has 0 saturated heterocycles. The molecule has 8 heteroatoms. The summed E-state index contributed by atoms with van der Waals surface area (Å²) in [5.41, 5.74) is 6.13. The number of nitrogens with zero attached hydrogens (tertiary/aromatic N) is 2. The molecule has 0 radical (unpaired) electrons. The van der Waals surface area contributed by atoms with Crippen molar-refractivity contribution in [3.63, 3.8) is 0 Å². The normalized spacial score (nSPS) is 12.2. The van der Waals surface area contributed by atoms with Gasteiger partial charge >= 0.3 is 12.0 Å². The highest BCUT2D eigenvalue weighted by Gasteiger charge is 2.21. The Hall–Kier alpha value is -1.67. The average molecular weight is 314 g/mol. The predicted octanol–water partition coefficient (Wildman–Crippen LogP) is 1.21. The van der Waals surface area contributed by atoms with Gasteiger partial charge in [0, 0.05) is 18.3 Å². The van der Waals surface area contributed by atoms with Crippen LogP contribution in [0.15, 0.2) is 5.38 Å². The Balaban J connectivity index is 2.58. The summed E-state index contributed by atoms with van der Waals surface area (Å²) in [5.74, 6) is -0.734. The maximum Gasteiger partial charge on any atom is 0.326 e. The minimum atomic E-state index is -1.09. The molecule has 0 fully saturated rings. The molecule has 1 aromatic rings. The molecule has 1 heterocycles. The van der Waals surface area contributed by atoms with Gasteiger partial charge in [-0.2, -0.15) is 0 Å². The molecular weight excluding hydrogens is 292 g/mol. The van der Waals surface area contributed by atoms with Crippen molar-refractivity contribution in [3.05, 3.63) is 16.1 Å². The number of carboxylic acids is 1. The molecule has 0 aliphatic carbocycles. The van der Waals surface area contributed by atoms with Crippen molar-refractivity contribution in [2.75, 3.05) is 13.6 Å². The molecule has 0 aliphatic rings. The maximum atomic E-state index is 12.0. The lowest BCUT2D eigenvalue weighted by Gasteiger charge is -2.20. The molecule has 0 unspecified atom stereocenters. The van der Waals surface area contributed by atoms with E-state index in [0.717, 1.165) is 10.7 Å². The first-order chi connectivity index (χ1) is 9.85. The van der Waals surface area contributed by atoms with Gasteiger partial charge in [-0.05, 0) is 13.0 Å². The number of carbonyl (C=O) groups is 2. The van der Waals surface area contributed by atoms with Crippen LogP contribution in [0.2, 0.25) is 0 Å². The van der Waals surface area contributed by atoms with Crippen LogP contribution in [0, 0.1) is 0 Å². The third kappa shape index (κ3) is 5.31. The topological polar surface area (TPSA) is 109 Å². The number of carbonyl (C=O) groups excluding carboxylic acids is 1. The molecule has 0 aliphatic heterocycles. The van der Waals surface area contributed by atoms with Crippen LogP contribution < -0.4 is 11.1 Å². The van der Waals surface area contributed by atoms with E-state index >= 15 is 0 Å². The van der Waals surface area contributed by atoms with E-state index in [1.54, 1.807) is 18.4 Å². The summed E-state index contributed by atoms with van der Waals surface area (Å²) < 4.78 is 0. The second-order valence-electron chi connectivity index (χ2n) is 5.11. The number of carboxylic acid groups (broad SMARTS) is 1. The number of amides is 2. The number of aromatic nitrogens is 1. The number of rotatable bonds is 7. The summed E-state index contributed by atoms with van der Waals surface area (Å²) in [7, 11) is 1.60. The van der Waals surface area contributed by atoms with Crippen molar-refractivity contribution in [1.29, 1.82) is 0 Å². The largest absolute Gasteiger partial charge is 0.480 e. The molecule has 21 heavy (non-hydrogen) atoms. The smallest absolute Gasteiger partial charge is 0.326 e. The average Bonchev–Trinajstić information content (AvgIpc) is 2.86. The van der Waals surface area contributed by atoms with E-state index in [-0.39, 0.29) is 13.0 Å². The van der Waals surface area contributed by atoms with Crippen LogP contribution in [0.3, 0.4) is 0 Å². The Morgan fingerprint density at radius 1 is 1.52 bits per heavy atom. The highest BCUT2D eigenvalue weighted by molar-refractivity contribution is 7.09. The van der Waals surface area contributed by atoms with Gasteiger partial charge in [-0.25, -0.2) is 14.6 Å². The zero-order chi connectivity index (χ0) is 16.0. The van der Waals surface area contributed by atoms with Crippen molar-refractivity contribution in [2.24, 2.45) is 5.73 Å². The first kappa shape index (κ1) is 17.4. The van der Waals surface area contributed by atoms with Crippen LogP contribution >= 0.6 is 11.3 Å². The third-order valence-corrected chi connectivity index (χ3v) is 4.05. The number of aliphatic carboxylic acids is 1. The van der Waals surface area contributed by atoms with E-state index in [0.29, 0.717) is 12.5 Å². The molecule has 118 valence electrons. The zero-order valence-electron chi connectivity index (χ0n) is 12.5. The van der Waals surface area contributed by atoms with Crippen LogP contribution in [0.5, 0.6) is 0 Å². The summed E-state index contributed by atoms with van der Waals surface area (Å²) in [6.45, 7) is 4.65. The number of nitrogens with two attached hydrogens (primary N) is 1. The minimum absolute atomic E-state index is 0.198. The number of urea groups is 1. The Bertz CT molecular complexity index is 490. The molecule has 0 aromatic carbocycles. The fourth-order valence-corrected chi connectivity index (χ4v) is 2.48. The molecule has 7 nitrogen and oxygen atoms in total. The lowest BCUT2D eigenvalue weighted by molar-refractivity contribution is -0.139. The van der Waals surface area contributed by atoms with Gasteiger partial charge < -0.3 is 21.1 Å². The second-order valence-corrected chi connectivity index (χ2v) is 6.00. The van der Waals surface area contributed by atoms with Crippen LogP contribution in [-0.2, 0) is 11.3 Å². The fourth-order valence-electron chi connectivity index (χ4n) is 1.66. The van der Waals surface area contributed by atoms with Gasteiger partial charge in [-0.15, -0.1) is 11.3 Å². The van der Waals surface area contributed by atoms with E-state index in [1.807, 2.05) is 5.38 Å². The molecule has 1 aromatic heterocycles. The van der Waals surface area contributed by atoms with Crippen LogP contribution in [-0.4, -0.2) is 46.6 Å². The Morgan fingerprint density at radius 3 is 2.67 bits per heavy atom. The first-order valence-corrected chi connectivity index (χ1v) is 7.62. The van der Waals surface area contributed by atoms with E-state index in [2.05, 4.69) is 24.1 Å². The number of hydrogen-bond acceptors (Lipinski definition) is 5. The van der Waals surface area contributed by atoms with Crippen LogP contribution in [0.4, 0.5) is 4.79 Å². The molecule has 2 amide bonds. The molecular formula is C13H22N4O3S. The molecule has 1 atom stereocenters. The lowest BCUT2D eigenvalue weighted by Crippen LogP contribution is -2.47. The van der Waals surface area contributed by atoms with E-state index in [4.69, 9.17) is 10.8 Å². The van der Waals surface area contributed by atoms with Crippen molar-refractivity contribution in [2.45, 2.75) is 38.8 Å². The molecule has 0 bridgehead atoms. The Kier molecular flexibility index (Phi) is 6.57. The van der Waals surface area contributed by atoms with Crippen molar-refractivity contribution in [1.82, 2.24) is 15.2 Å². The molecule has 0 spiro atoms. The van der Waals surface area contributed by atoms with Gasteiger partial charge in [0.25, 0.3) is 0 Å². The molecule has 1 rings (SSSR count).